The second kappa shape index (κ2) is 12.5. The Hall–Kier alpha value is -2.03. The van der Waals surface area contributed by atoms with E-state index < -0.39 is 0 Å². The lowest BCUT2D eigenvalue weighted by atomic mass is 9.98. The molecule has 1 heterocycles. The predicted octanol–water partition coefficient (Wildman–Crippen LogP) is 7.05. The van der Waals surface area contributed by atoms with Crippen molar-refractivity contribution < 1.29 is 4.79 Å². The zero-order chi connectivity index (χ0) is 21.1. The summed E-state index contributed by atoms with van der Waals surface area (Å²) in [5, 5.41) is 0. The van der Waals surface area contributed by atoms with E-state index in [-0.39, 0.29) is 5.91 Å². The minimum absolute atomic E-state index is 0.315. The monoisotopic (exact) mass is 396 g/mol. The Bertz CT molecular complexity index is 746. The number of unbranched alkanes of at least 4 members (excludes halogenated alkanes) is 8. The maximum Gasteiger partial charge on any atom is 0.251 e. The summed E-state index contributed by atoms with van der Waals surface area (Å²) >= 11 is 0. The normalized spacial score (nSPS) is 11.1. The molecule has 2 N–H and O–H groups in total. The standard InChI is InChI=1S/C26H40N2O/c1-4-6-7-8-9-10-11-12-16-20-28-21(3)24(26(27)29)25(23(28)17-5-2)22-18-14-13-15-19-22/h13-15,18-19H,4-12,16-17,20H2,1-3H3,(H2,27,29). The van der Waals surface area contributed by atoms with Crippen LogP contribution in [0.3, 0.4) is 0 Å². The molecule has 1 aromatic carbocycles. The molecule has 0 aliphatic carbocycles. The number of carbonyl (C=O) groups excluding carboxylic acids is 1. The van der Waals surface area contributed by atoms with Crippen LogP contribution in [0, 0.1) is 6.92 Å². The highest BCUT2D eigenvalue weighted by Crippen LogP contribution is 2.34. The van der Waals surface area contributed by atoms with Crippen molar-refractivity contribution in [1.82, 2.24) is 4.57 Å². The fourth-order valence-corrected chi connectivity index (χ4v) is 4.39. The number of amides is 1. The number of nitrogens with two attached hydrogens (primary N) is 1. The molecule has 0 fully saturated rings. The summed E-state index contributed by atoms with van der Waals surface area (Å²) in [6.45, 7) is 7.50. The van der Waals surface area contributed by atoms with Gasteiger partial charge in [0.25, 0.3) is 5.91 Å². The van der Waals surface area contributed by atoms with Crippen LogP contribution in [0.5, 0.6) is 0 Å². The van der Waals surface area contributed by atoms with Gasteiger partial charge < -0.3 is 10.3 Å². The van der Waals surface area contributed by atoms with Crippen LogP contribution < -0.4 is 5.73 Å². The molecule has 3 heteroatoms. The third-order valence-electron chi connectivity index (χ3n) is 5.91. The Balaban J connectivity index is 2.08. The number of hydrogen-bond donors (Lipinski definition) is 1. The van der Waals surface area contributed by atoms with Gasteiger partial charge in [-0.1, -0.05) is 102 Å². The van der Waals surface area contributed by atoms with E-state index in [2.05, 4.69) is 37.5 Å². The molecule has 0 aliphatic heterocycles. The van der Waals surface area contributed by atoms with Crippen molar-refractivity contribution >= 4 is 5.91 Å². The summed E-state index contributed by atoms with van der Waals surface area (Å²) in [4.78, 5) is 12.3. The van der Waals surface area contributed by atoms with Crippen LogP contribution in [0.4, 0.5) is 0 Å². The number of hydrogen-bond acceptors (Lipinski definition) is 1. The van der Waals surface area contributed by atoms with Crippen LogP contribution in [0.2, 0.25) is 0 Å². The molecule has 1 amide bonds. The maximum absolute atomic E-state index is 12.3. The van der Waals surface area contributed by atoms with Crippen molar-refractivity contribution in [2.24, 2.45) is 5.73 Å². The molecule has 160 valence electrons. The average Bonchev–Trinajstić information content (AvgIpc) is 2.99. The third kappa shape index (κ3) is 6.48. The van der Waals surface area contributed by atoms with Crippen molar-refractivity contribution in [1.29, 1.82) is 0 Å². The lowest BCUT2D eigenvalue weighted by molar-refractivity contribution is 0.1000. The van der Waals surface area contributed by atoms with Crippen LogP contribution in [0.25, 0.3) is 11.1 Å². The number of nitrogens with zero attached hydrogens (tertiary/aromatic N) is 1. The van der Waals surface area contributed by atoms with E-state index in [4.69, 9.17) is 5.73 Å². The molecule has 0 saturated carbocycles. The van der Waals surface area contributed by atoms with Crippen molar-refractivity contribution in [3.8, 4) is 11.1 Å². The first-order valence-corrected chi connectivity index (χ1v) is 11.7. The van der Waals surface area contributed by atoms with Crippen molar-refractivity contribution in [3.05, 3.63) is 47.3 Å². The van der Waals surface area contributed by atoms with E-state index >= 15 is 0 Å². The number of benzene rings is 1. The molecule has 3 nitrogen and oxygen atoms in total. The van der Waals surface area contributed by atoms with Crippen molar-refractivity contribution in [2.75, 3.05) is 0 Å². The van der Waals surface area contributed by atoms with E-state index in [0.29, 0.717) is 5.56 Å². The molecule has 0 spiro atoms. The lowest BCUT2D eigenvalue weighted by Gasteiger charge is -2.13. The SMILES string of the molecule is CCCCCCCCCCCn1c(C)c(C(N)=O)c(-c2ccccc2)c1CCC. The van der Waals surface area contributed by atoms with Gasteiger partial charge in [0.1, 0.15) is 0 Å². The van der Waals surface area contributed by atoms with Gasteiger partial charge in [0.2, 0.25) is 0 Å². The van der Waals surface area contributed by atoms with Gasteiger partial charge in [0.15, 0.2) is 0 Å². The summed E-state index contributed by atoms with van der Waals surface area (Å²) < 4.78 is 2.37. The molecule has 0 unspecified atom stereocenters. The molecule has 1 aromatic heterocycles. The predicted molar refractivity (Wildman–Crippen MR) is 124 cm³/mol. The summed E-state index contributed by atoms with van der Waals surface area (Å²) in [5.41, 5.74) is 11.0. The zero-order valence-corrected chi connectivity index (χ0v) is 18.8. The van der Waals surface area contributed by atoms with E-state index in [1.54, 1.807) is 0 Å². The number of rotatable bonds is 14. The molecule has 0 atom stereocenters. The molecule has 2 rings (SSSR count). The van der Waals surface area contributed by atoms with Gasteiger partial charge in [-0.3, -0.25) is 4.79 Å². The highest BCUT2D eigenvalue weighted by molar-refractivity contribution is 6.02. The summed E-state index contributed by atoms with van der Waals surface area (Å²) in [6.07, 6.45) is 13.9. The highest BCUT2D eigenvalue weighted by Gasteiger charge is 2.23. The van der Waals surface area contributed by atoms with Gasteiger partial charge in [0, 0.05) is 23.5 Å². The maximum atomic E-state index is 12.3. The number of aromatic nitrogens is 1. The second-order valence-electron chi connectivity index (χ2n) is 8.24. The fraction of sp³-hybridized carbons (Fsp3) is 0.577. The fourth-order valence-electron chi connectivity index (χ4n) is 4.39. The van der Waals surface area contributed by atoms with Gasteiger partial charge >= 0.3 is 0 Å². The third-order valence-corrected chi connectivity index (χ3v) is 5.91. The molecule has 2 aromatic rings. The van der Waals surface area contributed by atoms with Crippen LogP contribution in [-0.2, 0) is 13.0 Å². The molecule has 29 heavy (non-hydrogen) atoms. The van der Waals surface area contributed by atoms with Gasteiger partial charge in [-0.05, 0) is 25.3 Å². The van der Waals surface area contributed by atoms with E-state index in [1.165, 1.54) is 57.1 Å². The first-order valence-electron chi connectivity index (χ1n) is 11.7. The minimum atomic E-state index is -0.315. The summed E-state index contributed by atoms with van der Waals surface area (Å²) in [5.74, 6) is -0.315. The van der Waals surface area contributed by atoms with E-state index in [9.17, 15) is 4.79 Å². The first kappa shape index (κ1) is 23.3. The second-order valence-corrected chi connectivity index (χ2v) is 8.24. The van der Waals surface area contributed by atoms with E-state index in [0.717, 1.165) is 42.6 Å². The number of primary amides is 1. The van der Waals surface area contributed by atoms with E-state index in [1.807, 2.05) is 18.2 Å². The van der Waals surface area contributed by atoms with Crippen LogP contribution in [-0.4, -0.2) is 10.5 Å². The molecule has 0 aliphatic rings. The van der Waals surface area contributed by atoms with Crippen LogP contribution in [0.1, 0.15) is 99.8 Å². The summed E-state index contributed by atoms with van der Waals surface area (Å²) in [6, 6.07) is 10.2. The quantitative estimate of drug-likeness (QED) is 0.342. The van der Waals surface area contributed by atoms with Gasteiger partial charge in [-0.2, -0.15) is 0 Å². The summed E-state index contributed by atoms with van der Waals surface area (Å²) in [7, 11) is 0. The Morgan fingerprint density at radius 1 is 0.862 bits per heavy atom. The zero-order valence-electron chi connectivity index (χ0n) is 18.8. The Morgan fingerprint density at radius 2 is 1.45 bits per heavy atom. The number of carbonyl (C=O) groups is 1. The first-order chi connectivity index (χ1) is 14.1. The van der Waals surface area contributed by atoms with Gasteiger partial charge in [-0.25, -0.2) is 0 Å². The molecular formula is C26H40N2O. The van der Waals surface area contributed by atoms with Gasteiger partial charge in [0.05, 0.1) is 5.56 Å². The highest BCUT2D eigenvalue weighted by atomic mass is 16.1. The van der Waals surface area contributed by atoms with Crippen LogP contribution in [0.15, 0.2) is 30.3 Å². The topological polar surface area (TPSA) is 48.0 Å². The molecule has 0 bridgehead atoms. The minimum Gasteiger partial charge on any atom is -0.366 e. The average molecular weight is 397 g/mol. The van der Waals surface area contributed by atoms with Crippen molar-refractivity contribution in [3.63, 3.8) is 0 Å². The molecular weight excluding hydrogens is 356 g/mol. The van der Waals surface area contributed by atoms with Crippen molar-refractivity contribution in [2.45, 2.75) is 97.9 Å². The van der Waals surface area contributed by atoms with Crippen LogP contribution >= 0.6 is 0 Å². The largest absolute Gasteiger partial charge is 0.366 e. The molecule has 0 radical (unpaired) electrons. The lowest BCUT2D eigenvalue weighted by Crippen LogP contribution is -2.13. The Labute approximate surface area is 177 Å². The Morgan fingerprint density at radius 3 is 2.00 bits per heavy atom. The molecule has 0 saturated heterocycles. The Kier molecular flexibility index (Phi) is 10.0. The smallest absolute Gasteiger partial charge is 0.251 e. The van der Waals surface area contributed by atoms with Gasteiger partial charge in [-0.15, -0.1) is 0 Å².